The molecule has 2 rings (SSSR count). The molecule has 4 nitrogen and oxygen atoms in total. The number of nitrogens with two attached hydrogens (primary N) is 1. The molecule has 0 bridgehead atoms. The second-order valence-corrected chi connectivity index (χ2v) is 5.24. The monoisotopic (exact) mass is 293 g/mol. The summed E-state index contributed by atoms with van der Waals surface area (Å²) in [5.41, 5.74) is 6.71. The van der Waals surface area contributed by atoms with Crippen LogP contribution in [0.15, 0.2) is 29.6 Å². The fraction of sp³-hybridized carbons (Fsp3) is 0.286. The van der Waals surface area contributed by atoms with E-state index in [9.17, 15) is 9.18 Å². The van der Waals surface area contributed by atoms with Crippen molar-refractivity contribution in [3.63, 3.8) is 0 Å². The second-order valence-electron chi connectivity index (χ2n) is 4.30. The summed E-state index contributed by atoms with van der Waals surface area (Å²) in [5, 5.41) is 5.36. The van der Waals surface area contributed by atoms with Crippen LogP contribution in [0.4, 0.5) is 4.39 Å². The molecule has 3 N–H and O–H groups in total. The molecule has 1 aromatic heterocycles. The van der Waals surface area contributed by atoms with Crippen LogP contribution in [0.5, 0.6) is 0 Å². The molecule has 0 unspecified atom stereocenters. The van der Waals surface area contributed by atoms with Crippen LogP contribution in [0.2, 0.25) is 0 Å². The Labute approximate surface area is 120 Å². The smallest absolute Gasteiger partial charge is 0.270 e. The number of halogens is 1. The minimum Gasteiger partial charge on any atom is -0.350 e. The maximum absolute atomic E-state index is 13.0. The number of thiazole rings is 1. The van der Waals surface area contributed by atoms with Gasteiger partial charge in [0.15, 0.2) is 0 Å². The van der Waals surface area contributed by atoms with Crippen LogP contribution < -0.4 is 11.1 Å². The zero-order chi connectivity index (χ0) is 14.4. The second kappa shape index (κ2) is 7.12. The average molecular weight is 293 g/mol. The number of nitrogens with one attached hydrogen (secondary N) is 1. The molecule has 0 radical (unpaired) electrons. The van der Waals surface area contributed by atoms with Crippen molar-refractivity contribution in [2.45, 2.75) is 12.8 Å². The number of nitrogens with zero attached hydrogens (tertiary/aromatic N) is 1. The lowest BCUT2D eigenvalue weighted by molar-refractivity contribution is 0.0949. The van der Waals surface area contributed by atoms with Gasteiger partial charge in [0.1, 0.15) is 11.5 Å². The molecule has 20 heavy (non-hydrogen) atoms. The lowest BCUT2D eigenvalue weighted by atomic mass is 10.1. The van der Waals surface area contributed by atoms with Crippen molar-refractivity contribution < 1.29 is 9.18 Å². The molecule has 2 aromatic rings. The fourth-order valence-corrected chi connectivity index (χ4v) is 2.55. The number of amides is 1. The molecule has 1 heterocycles. The molecular formula is C14H16FN3OS. The van der Waals surface area contributed by atoms with Gasteiger partial charge in [0.25, 0.3) is 5.91 Å². The molecule has 0 fully saturated rings. The van der Waals surface area contributed by atoms with E-state index in [-0.39, 0.29) is 11.7 Å². The molecule has 0 aliphatic heterocycles. The van der Waals surface area contributed by atoms with E-state index in [2.05, 4.69) is 10.3 Å². The topological polar surface area (TPSA) is 68.0 Å². The van der Waals surface area contributed by atoms with Gasteiger partial charge in [0, 0.05) is 18.3 Å². The van der Waals surface area contributed by atoms with Crippen molar-refractivity contribution in [2.24, 2.45) is 5.73 Å². The van der Waals surface area contributed by atoms with Gasteiger partial charge in [-0.3, -0.25) is 4.79 Å². The third-order valence-corrected chi connectivity index (χ3v) is 3.64. The Morgan fingerprint density at radius 1 is 1.40 bits per heavy atom. The van der Waals surface area contributed by atoms with Gasteiger partial charge in [0.05, 0.1) is 5.01 Å². The standard InChI is InChI=1S/C14H16FN3OS/c15-11-3-1-2-10(8-11)5-7-17-14(19)12-9-20-13(18-12)4-6-16/h1-3,8-9H,4-7,16H2,(H,17,19). The first-order chi connectivity index (χ1) is 9.69. The van der Waals surface area contributed by atoms with E-state index in [0.29, 0.717) is 31.6 Å². The minimum absolute atomic E-state index is 0.207. The molecule has 6 heteroatoms. The van der Waals surface area contributed by atoms with Crippen molar-refractivity contribution in [3.8, 4) is 0 Å². The Hall–Kier alpha value is -1.79. The number of rotatable bonds is 6. The Kier molecular flexibility index (Phi) is 5.20. The lowest BCUT2D eigenvalue weighted by Gasteiger charge is -2.03. The maximum Gasteiger partial charge on any atom is 0.270 e. The zero-order valence-corrected chi connectivity index (χ0v) is 11.8. The largest absolute Gasteiger partial charge is 0.350 e. The van der Waals surface area contributed by atoms with Crippen molar-refractivity contribution in [1.82, 2.24) is 10.3 Å². The first kappa shape index (κ1) is 14.6. The highest BCUT2D eigenvalue weighted by Gasteiger charge is 2.09. The highest BCUT2D eigenvalue weighted by molar-refractivity contribution is 7.09. The van der Waals surface area contributed by atoms with Crippen LogP contribution >= 0.6 is 11.3 Å². The van der Waals surface area contributed by atoms with Crippen LogP contribution in [-0.4, -0.2) is 24.0 Å². The summed E-state index contributed by atoms with van der Waals surface area (Å²) in [5.74, 6) is -0.472. The summed E-state index contributed by atoms with van der Waals surface area (Å²) in [6.07, 6.45) is 1.27. The quantitative estimate of drug-likeness (QED) is 0.852. The first-order valence-electron chi connectivity index (χ1n) is 6.36. The van der Waals surface area contributed by atoms with Crippen LogP contribution in [0.25, 0.3) is 0 Å². The Balaban J connectivity index is 1.82. The number of hydrogen-bond acceptors (Lipinski definition) is 4. The fourth-order valence-electron chi connectivity index (χ4n) is 1.76. The lowest BCUT2D eigenvalue weighted by Crippen LogP contribution is -2.26. The van der Waals surface area contributed by atoms with Gasteiger partial charge in [-0.15, -0.1) is 11.3 Å². The molecule has 106 valence electrons. The van der Waals surface area contributed by atoms with E-state index < -0.39 is 0 Å². The Morgan fingerprint density at radius 2 is 2.25 bits per heavy atom. The van der Waals surface area contributed by atoms with E-state index in [0.717, 1.165) is 10.6 Å². The summed E-state index contributed by atoms with van der Waals surface area (Å²) in [4.78, 5) is 16.1. The van der Waals surface area contributed by atoms with Gasteiger partial charge in [-0.2, -0.15) is 0 Å². The third-order valence-electron chi connectivity index (χ3n) is 2.73. The summed E-state index contributed by atoms with van der Waals surface area (Å²) >= 11 is 1.43. The summed E-state index contributed by atoms with van der Waals surface area (Å²) in [6.45, 7) is 0.972. The summed E-state index contributed by atoms with van der Waals surface area (Å²) in [6, 6.07) is 6.36. The average Bonchev–Trinajstić information content (AvgIpc) is 2.88. The van der Waals surface area contributed by atoms with E-state index >= 15 is 0 Å². The van der Waals surface area contributed by atoms with Crippen LogP contribution in [0.3, 0.4) is 0 Å². The number of carbonyl (C=O) groups excluding carboxylic acids is 1. The van der Waals surface area contributed by atoms with Gasteiger partial charge in [-0.25, -0.2) is 9.37 Å². The van der Waals surface area contributed by atoms with Gasteiger partial charge in [0.2, 0.25) is 0 Å². The van der Waals surface area contributed by atoms with Crippen LogP contribution in [-0.2, 0) is 12.8 Å². The predicted molar refractivity (Wildman–Crippen MR) is 77.3 cm³/mol. The van der Waals surface area contributed by atoms with E-state index in [4.69, 9.17) is 5.73 Å². The van der Waals surface area contributed by atoms with E-state index in [1.807, 2.05) is 6.07 Å². The Bertz CT molecular complexity index is 585. The molecule has 1 amide bonds. The predicted octanol–water partition coefficient (Wildman–Crippen LogP) is 1.76. The van der Waals surface area contributed by atoms with Crippen molar-refractivity contribution in [1.29, 1.82) is 0 Å². The molecule has 0 atom stereocenters. The molecule has 1 aromatic carbocycles. The number of aromatic nitrogens is 1. The summed E-state index contributed by atoms with van der Waals surface area (Å²) in [7, 11) is 0. The normalized spacial score (nSPS) is 10.5. The highest BCUT2D eigenvalue weighted by atomic mass is 32.1. The molecule has 0 saturated heterocycles. The molecule has 0 spiro atoms. The maximum atomic E-state index is 13.0. The summed E-state index contributed by atoms with van der Waals surface area (Å²) < 4.78 is 13.0. The van der Waals surface area contributed by atoms with Gasteiger partial charge < -0.3 is 11.1 Å². The number of hydrogen-bond donors (Lipinski definition) is 2. The highest BCUT2D eigenvalue weighted by Crippen LogP contribution is 2.10. The minimum atomic E-state index is -0.264. The van der Waals surface area contributed by atoms with Crippen molar-refractivity contribution >= 4 is 17.2 Å². The molecule has 0 saturated carbocycles. The Morgan fingerprint density at radius 3 is 3.00 bits per heavy atom. The molecule has 0 aliphatic rings. The first-order valence-corrected chi connectivity index (χ1v) is 7.24. The SMILES string of the molecule is NCCc1nc(C(=O)NCCc2cccc(F)c2)cs1. The molecule has 0 aliphatic carbocycles. The third kappa shape index (κ3) is 4.11. The van der Waals surface area contributed by atoms with Crippen molar-refractivity contribution in [2.75, 3.05) is 13.1 Å². The van der Waals surface area contributed by atoms with Crippen LogP contribution in [0.1, 0.15) is 21.1 Å². The van der Waals surface area contributed by atoms with Gasteiger partial charge in [-0.05, 0) is 30.7 Å². The van der Waals surface area contributed by atoms with E-state index in [1.165, 1.54) is 23.5 Å². The molecular weight excluding hydrogens is 277 g/mol. The van der Waals surface area contributed by atoms with Gasteiger partial charge in [-0.1, -0.05) is 12.1 Å². The number of benzene rings is 1. The van der Waals surface area contributed by atoms with Crippen molar-refractivity contribution in [3.05, 3.63) is 51.7 Å². The van der Waals surface area contributed by atoms with E-state index in [1.54, 1.807) is 11.4 Å². The van der Waals surface area contributed by atoms with Gasteiger partial charge >= 0.3 is 0 Å². The van der Waals surface area contributed by atoms with Crippen LogP contribution in [0, 0.1) is 5.82 Å². The zero-order valence-electron chi connectivity index (χ0n) is 10.9. The number of carbonyl (C=O) groups is 1.